The third-order valence-corrected chi connectivity index (χ3v) is 4.25. The number of hydrogen-bond acceptors (Lipinski definition) is 4. The van der Waals surface area contributed by atoms with Crippen LogP contribution in [-0.2, 0) is 11.2 Å². The number of carbonyl (C=O) groups is 1. The van der Waals surface area contributed by atoms with Gasteiger partial charge in [0, 0.05) is 18.9 Å². The van der Waals surface area contributed by atoms with Crippen LogP contribution in [0, 0.1) is 5.92 Å². The molecule has 0 bridgehead atoms. The van der Waals surface area contributed by atoms with Crippen molar-refractivity contribution in [3.05, 3.63) is 35.8 Å². The predicted molar refractivity (Wildman–Crippen MR) is 80.5 cm³/mol. The van der Waals surface area contributed by atoms with Gasteiger partial charge < -0.3 is 14.0 Å². The molecule has 1 unspecified atom stereocenters. The Labute approximate surface area is 124 Å². The first-order valence-electron chi connectivity index (χ1n) is 7.48. The zero-order valence-corrected chi connectivity index (χ0v) is 12.6. The molecule has 0 radical (unpaired) electrons. The number of fused-ring (bicyclic) bond motifs is 1. The summed E-state index contributed by atoms with van der Waals surface area (Å²) in [5, 5.41) is 0. The van der Waals surface area contributed by atoms with Crippen LogP contribution in [0.4, 0.5) is 0 Å². The number of pyridine rings is 1. The molecule has 2 aromatic heterocycles. The number of ether oxygens (including phenoxy) is 1. The summed E-state index contributed by atoms with van der Waals surface area (Å²) in [7, 11) is 1.40. The highest BCUT2D eigenvalue weighted by atomic mass is 16.5. The van der Waals surface area contributed by atoms with E-state index in [2.05, 4.69) is 16.8 Å². The molecule has 1 saturated heterocycles. The zero-order valence-electron chi connectivity index (χ0n) is 12.6. The van der Waals surface area contributed by atoms with E-state index in [0.717, 1.165) is 25.2 Å². The van der Waals surface area contributed by atoms with Gasteiger partial charge in [0.2, 0.25) is 0 Å². The Balaban J connectivity index is 1.83. The first kappa shape index (κ1) is 14.1. The molecular formula is C16H21N3O2. The highest BCUT2D eigenvalue weighted by molar-refractivity contribution is 5.95. The molecule has 3 heterocycles. The number of rotatable bonds is 4. The molecule has 0 aliphatic carbocycles. The summed E-state index contributed by atoms with van der Waals surface area (Å²) in [6, 6.07) is 3.60. The van der Waals surface area contributed by atoms with Gasteiger partial charge in [-0.2, -0.15) is 0 Å². The zero-order chi connectivity index (χ0) is 14.8. The van der Waals surface area contributed by atoms with Crippen molar-refractivity contribution in [3.8, 4) is 0 Å². The van der Waals surface area contributed by atoms with Gasteiger partial charge >= 0.3 is 5.97 Å². The van der Waals surface area contributed by atoms with Crippen LogP contribution < -0.4 is 0 Å². The average molecular weight is 287 g/mol. The molecule has 1 aliphatic rings. The molecule has 0 amide bonds. The van der Waals surface area contributed by atoms with Gasteiger partial charge in [0.05, 0.1) is 12.8 Å². The van der Waals surface area contributed by atoms with E-state index in [9.17, 15) is 4.79 Å². The van der Waals surface area contributed by atoms with Crippen LogP contribution in [-0.4, -0.2) is 47.0 Å². The van der Waals surface area contributed by atoms with Crippen molar-refractivity contribution < 1.29 is 9.53 Å². The summed E-state index contributed by atoms with van der Waals surface area (Å²) in [6.45, 7) is 5.65. The van der Waals surface area contributed by atoms with Crippen molar-refractivity contribution in [3.63, 3.8) is 0 Å². The molecule has 0 N–H and O–H groups in total. The van der Waals surface area contributed by atoms with Crippen LogP contribution in [0.1, 0.15) is 29.4 Å². The smallest absolute Gasteiger partial charge is 0.341 e. The molecule has 3 rings (SSSR count). The molecule has 21 heavy (non-hydrogen) atoms. The van der Waals surface area contributed by atoms with Gasteiger partial charge in [-0.25, -0.2) is 9.78 Å². The van der Waals surface area contributed by atoms with Gasteiger partial charge in [0.15, 0.2) is 5.65 Å². The fourth-order valence-electron chi connectivity index (χ4n) is 3.09. The first-order valence-corrected chi connectivity index (χ1v) is 7.48. The van der Waals surface area contributed by atoms with Crippen molar-refractivity contribution >= 4 is 11.6 Å². The second-order valence-electron chi connectivity index (χ2n) is 5.63. The monoisotopic (exact) mass is 287 g/mol. The van der Waals surface area contributed by atoms with Crippen molar-refractivity contribution in [1.29, 1.82) is 0 Å². The second kappa shape index (κ2) is 5.85. The highest BCUT2D eigenvalue weighted by Gasteiger charge is 2.22. The van der Waals surface area contributed by atoms with E-state index < -0.39 is 0 Å². The maximum Gasteiger partial charge on any atom is 0.341 e. The molecule has 2 aromatic rings. The Morgan fingerprint density at radius 1 is 1.52 bits per heavy atom. The van der Waals surface area contributed by atoms with Gasteiger partial charge in [-0.05, 0) is 44.0 Å². The fraction of sp³-hybridized carbons (Fsp3) is 0.500. The number of hydrogen-bond donors (Lipinski definition) is 0. The summed E-state index contributed by atoms with van der Waals surface area (Å²) in [6.07, 6.45) is 6.14. The molecule has 5 nitrogen and oxygen atoms in total. The molecule has 5 heteroatoms. The molecule has 1 atom stereocenters. The van der Waals surface area contributed by atoms with E-state index in [4.69, 9.17) is 4.74 Å². The number of nitrogens with zero attached hydrogens (tertiary/aromatic N) is 3. The number of carbonyl (C=O) groups excluding carboxylic acids is 1. The molecular weight excluding hydrogens is 266 g/mol. The largest absolute Gasteiger partial charge is 0.465 e. The minimum absolute atomic E-state index is 0.337. The van der Waals surface area contributed by atoms with Gasteiger partial charge in [-0.3, -0.25) is 0 Å². The van der Waals surface area contributed by atoms with Crippen molar-refractivity contribution in [2.45, 2.75) is 19.8 Å². The normalized spacial score (nSPS) is 19.2. The van der Waals surface area contributed by atoms with Crippen molar-refractivity contribution in [1.82, 2.24) is 14.3 Å². The van der Waals surface area contributed by atoms with Crippen molar-refractivity contribution in [2.24, 2.45) is 5.92 Å². The van der Waals surface area contributed by atoms with E-state index in [0.29, 0.717) is 17.1 Å². The lowest BCUT2D eigenvalue weighted by Crippen LogP contribution is -2.20. The molecule has 0 spiro atoms. The molecule has 1 fully saturated rings. The van der Waals surface area contributed by atoms with E-state index in [1.807, 2.05) is 22.9 Å². The van der Waals surface area contributed by atoms with E-state index >= 15 is 0 Å². The van der Waals surface area contributed by atoms with Crippen LogP contribution in [0.5, 0.6) is 0 Å². The highest BCUT2D eigenvalue weighted by Crippen LogP contribution is 2.21. The maximum atomic E-state index is 11.8. The van der Waals surface area contributed by atoms with Gasteiger partial charge in [-0.1, -0.05) is 6.92 Å². The second-order valence-corrected chi connectivity index (χ2v) is 5.63. The Kier molecular flexibility index (Phi) is 3.92. The van der Waals surface area contributed by atoms with Gasteiger partial charge in [0.1, 0.15) is 5.56 Å². The minimum Gasteiger partial charge on any atom is -0.465 e. The number of likely N-dealkylation sites (tertiary alicyclic amines) is 1. The standard InChI is InChI=1S/C16H21N3O2/c1-3-18-8-6-12(10-18)9-13-11-19-7-4-5-14(15(19)17-13)16(20)21-2/h4-5,7,11-12H,3,6,8-10H2,1-2H3. The molecule has 0 aromatic carbocycles. The molecule has 1 aliphatic heterocycles. The quantitative estimate of drug-likeness (QED) is 0.807. The lowest BCUT2D eigenvalue weighted by atomic mass is 10.0. The number of esters is 1. The fourth-order valence-corrected chi connectivity index (χ4v) is 3.09. The Hall–Kier alpha value is -1.88. The first-order chi connectivity index (χ1) is 10.2. The van der Waals surface area contributed by atoms with E-state index in [-0.39, 0.29) is 5.97 Å². The number of methoxy groups -OCH3 is 1. The maximum absolute atomic E-state index is 11.8. The Morgan fingerprint density at radius 3 is 3.10 bits per heavy atom. The average Bonchev–Trinajstić information content (AvgIpc) is 3.12. The third-order valence-electron chi connectivity index (χ3n) is 4.25. The van der Waals surface area contributed by atoms with Crippen LogP contribution in [0.15, 0.2) is 24.5 Å². The van der Waals surface area contributed by atoms with Crippen LogP contribution in [0.25, 0.3) is 5.65 Å². The predicted octanol–water partition coefficient (Wildman–Crippen LogP) is 2.01. The van der Waals surface area contributed by atoms with Crippen LogP contribution >= 0.6 is 0 Å². The lowest BCUT2D eigenvalue weighted by molar-refractivity contribution is 0.0602. The number of aromatic nitrogens is 2. The minimum atomic E-state index is -0.337. The van der Waals surface area contributed by atoms with E-state index in [1.54, 1.807) is 6.07 Å². The summed E-state index contributed by atoms with van der Waals surface area (Å²) < 4.78 is 6.73. The topological polar surface area (TPSA) is 46.8 Å². The summed E-state index contributed by atoms with van der Waals surface area (Å²) in [5.74, 6) is 0.326. The molecule has 0 saturated carbocycles. The van der Waals surface area contributed by atoms with E-state index in [1.165, 1.54) is 20.1 Å². The van der Waals surface area contributed by atoms with Gasteiger partial charge in [0.25, 0.3) is 0 Å². The van der Waals surface area contributed by atoms with Crippen LogP contribution in [0.3, 0.4) is 0 Å². The summed E-state index contributed by atoms with van der Waals surface area (Å²) in [4.78, 5) is 18.9. The SMILES string of the molecule is CCN1CCC(Cc2cn3cccc(C(=O)OC)c3n2)C1. The Bertz CT molecular complexity index is 650. The number of imidazole rings is 1. The molecule has 112 valence electrons. The van der Waals surface area contributed by atoms with Crippen molar-refractivity contribution in [2.75, 3.05) is 26.7 Å². The summed E-state index contributed by atoms with van der Waals surface area (Å²) >= 11 is 0. The third kappa shape index (κ3) is 2.78. The Morgan fingerprint density at radius 2 is 2.38 bits per heavy atom. The summed E-state index contributed by atoms with van der Waals surface area (Å²) in [5.41, 5.74) is 2.26. The lowest BCUT2D eigenvalue weighted by Gasteiger charge is -2.11. The van der Waals surface area contributed by atoms with Gasteiger partial charge in [-0.15, -0.1) is 0 Å². The van der Waals surface area contributed by atoms with Crippen LogP contribution in [0.2, 0.25) is 0 Å².